The third kappa shape index (κ3) is 11.0. The number of halogens is 1. The molecule has 0 spiro atoms. The molecule has 8 heteroatoms. The smallest absolute Gasteiger partial charge is 0.242 e. The summed E-state index contributed by atoms with van der Waals surface area (Å²) < 4.78 is 5.70. The van der Waals surface area contributed by atoms with Gasteiger partial charge in [-0.15, -0.1) is 24.0 Å². The predicted octanol–water partition coefficient (Wildman–Crippen LogP) is 3.71. The van der Waals surface area contributed by atoms with Crippen LogP contribution < -0.4 is 20.7 Å². The predicted molar refractivity (Wildman–Crippen MR) is 140 cm³/mol. The fourth-order valence-electron chi connectivity index (χ4n) is 3.38. The monoisotopic (exact) mass is 545 g/mol. The Bertz CT molecular complexity index is 701. The van der Waals surface area contributed by atoms with Crippen LogP contribution in [-0.2, 0) is 4.79 Å². The van der Waals surface area contributed by atoms with Crippen LogP contribution in [0.3, 0.4) is 0 Å². The number of carbonyl (C=O) groups excluding carboxylic acids is 1. The highest BCUT2D eigenvalue weighted by Gasteiger charge is 2.21. The molecule has 1 saturated heterocycles. The molecule has 0 saturated carbocycles. The molecule has 1 aliphatic rings. The summed E-state index contributed by atoms with van der Waals surface area (Å²) in [4.78, 5) is 19.2. The molecular formula is C23H40IN5O2. The average molecular weight is 546 g/mol. The lowest BCUT2D eigenvalue weighted by atomic mass is 10.1. The molecule has 1 heterocycles. The SMILES string of the molecule is CCN1CCC(CNC(=NCC(=O)NC(C)(C)C)Nc2ccc(OC(C)C)cc2)C1.I. The molecular weight excluding hydrogens is 505 g/mol. The Balaban J connectivity index is 0.00000480. The van der Waals surface area contributed by atoms with E-state index in [1.54, 1.807) is 0 Å². The van der Waals surface area contributed by atoms with E-state index in [2.05, 4.69) is 32.8 Å². The van der Waals surface area contributed by atoms with Crippen LogP contribution in [0, 0.1) is 5.92 Å². The molecule has 176 valence electrons. The molecule has 2 rings (SSSR count). The van der Waals surface area contributed by atoms with E-state index >= 15 is 0 Å². The number of guanidine groups is 1. The second-order valence-corrected chi connectivity index (χ2v) is 9.21. The number of carbonyl (C=O) groups is 1. The zero-order valence-electron chi connectivity index (χ0n) is 19.8. The largest absolute Gasteiger partial charge is 0.491 e. The van der Waals surface area contributed by atoms with Crippen molar-refractivity contribution < 1.29 is 9.53 Å². The zero-order chi connectivity index (χ0) is 22.1. The highest BCUT2D eigenvalue weighted by molar-refractivity contribution is 14.0. The Labute approximate surface area is 204 Å². The number of nitrogens with one attached hydrogen (secondary N) is 3. The number of hydrogen-bond donors (Lipinski definition) is 3. The summed E-state index contributed by atoms with van der Waals surface area (Å²) in [5, 5.41) is 9.69. The lowest BCUT2D eigenvalue weighted by Gasteiger charge is -2.20. The van der Waals surface area contributed by atoms with Gasteiger partial charge in [-0.3, -0.25) is 4.79 Å². The van der Waals surface area contributed by atoms with E-state index in [1.165, 1.54) is 6.42 Å². The maximum atomic E-state index is 12.2. The van der Waals surface area contributed by atoms with Gasteiger partial charge in [-0.25, -0.2) is 4.99 Å². The van der Waals surface area contributed by atoms with Crippen LogP contribution in [-0.4, -0.2) is 61.1 Å². The van der Waals surface area contributed by atoms with Crippen LogP contribution in [0.25, 0.3) is 0 Å². The number of nitrogens with zero attached hydrogens (tertiary/aromatic N) is 2. The number of amides is 1. The molecule has 1 aromatic rings. The Kier molecular flexibility index (Phi) is 11.6. The molecule has 0 bridgehead atoms. The third-order valence-electron chi connectivity index (χ3n) is 4.76. The first-order valence-electron chi connectivity index (χ1n) is 11.0. The summed E-state index contributed by atoms with van der Waals surface area (Å²) >= 11 is 0. The van der Waals surface area contributed by atoms with Gasteiger partial charge in [0.15, 0.2) is 5.96 Å². The zero-order valence-corrected chi connectivity index (χ0v) is 22.2. The Morgan fingerprint density at radius 2 is 1.94 bits per heavy atom. The number of aliphatic imine (C=N–C) groups is 1. The highest BCUT2D eigenvalue weighted by atomic mass is 127. The van der Waals surface area contributed by atoms with E-state index in [4.69, 9.17) is 4.74 Å². The molecule has 3 N–H and O–H groups in total. The van der Waals surface area contributed by atoms with Gasteiger partial charge in [0.05, 0.1) is 6.10 Å². The second kappa shape index (κ2) is 13.1. The van der Waals surface area contributed by atoms with E-state index in [0.29, 0.717) is 11.9 Å². The fraction of sp³-hybridized carbons (Fsp3) is 0.652. The van der Waals surface area contributed by atoms with Crippen LogP contribution in [0.4, 0.5) is 5.69 Å². The summed E-state index contributed by atoms with van der Waals surface area (Å²) in [6.07, 6.45) is 1.32. The number of rotatable bonds is 8. The van der Waals surface area contributed by atoms with Gasteiger partial charge in [0.1, 0.15) is 12.3 Å². The molecule has 0 aliphatic carbocycles. The molecule has 1 amide bonds. The molecule has 7 nitrogen and oxygen atoms in total. The topological polar surface area (TPSA) is 78.0 Å². The van der Waals surface area contributed by atoms with E-state index in [9.17, 15) is 4.79 Å². The Morgan fingerprint density at radius 3 is 2.48 bits per heavy atom. The number of anilines is 1. The lowest BCUT2D eigenvalue weighted by Crippen LogP contribution is -2.42. The summed E-state index contributed by atoms with van der Waals surface area (Å²) in [5.74, 6) is 1.94. The van der Waals surface area contributed by atoms with Crippen LogP contribution >= 0.6 is 24.0 Å². The first kappa shape index (κ1) is 27.5. The minimum Gasteiger partial charge on any atom is -0.491 e. The second-order valence-electron chi connectivity index (χ2n) is 9.21. The van der Waals surface area contributed by atoms with Gasteiger partial charge < -0.3 is 25.6 Å². The molecule has 1 aromatic carbocycles. The highest BCUT2D eigenvalue weighted by Crippen LogP contribution is 2.17. The van der Waals surface area contributed by atoms with Gasteiger partial charge in [-0.05, 0) is 84.3 Å². The van der Waals surface area contributed by atoms with Crippen molar-refractivity contribution in [3.63, 3.8) is 0 Å². The first-order valence-corrected chi connectivity index (χ1v) is 11.0. The normalized spacial score (nSPS) is 17.3. The molecule has 1 fully saturated rings. The summed E-state index contributed by atoms with van der Waals surface area (Å²) in [7, 11) is 0. The maximum Gasteiger partial charge on any atom is 0.242 e. The Morgan fingerprint density at radius 1 is 1.26 bits per heavy atom. The van der Waals surface area contributed by atoms with Crippen molar-refractivity contribution in [2.45, 2.75) is 59.6 Å². The van der Waals surface area contributed by atoms with Crippen LogP contribution in [0.2, 0.25) is 0 Å². The van der Waals surface area contributed by atoms with Crippen molar-refractivity contribution in [3.05, 3.63) is 24.3 Å². The Hall–Kier alpha value is -1.55. The van der Waals surface area contributed by atoms with E-state index in [-0.39, 0.29) is 48.1 Å². The summed E-state index contributed by atoms with van der Waals surface area (Å²) in [6.45, 7) is 16.4. The molecule has 31 heavy (non-hydrogen) atoms. The van der Waals surface area contributed by atoms with Gasteiger partial charge in [0.25, 0.3) is 0 Å². The van der Waals surface area contributed by atoms with Crippen molar-refractivity contribution in [1.29, 1.82) is 0 Å². The van der Waals surface area contributed by atoms with Gasteiger partial charge in [0, 0.05) is 24.3 Å². The van der Waals surface area contributed by atoms with Gasteiger partial charge in [-0.2, -0.15) is 0 Å². The molecule has 1 atom stereocenters. The van der Waals surface area contributed by atoms with Crippen LogP contribution in [0.5, 0.6) is 5.75 Å². The lowest BCUT2D eigenvalue weighted by molar-refractivity contribution is -0.121. The molecule has 0 aromatic heterocycles. The van der Waals surface area contributed by atoms with Crippen molar-refractivity contribution in [1.82, 2.24) is 15.5 Å². The fourth-order valence-corrected chi connectivity index (χ4v) is 3.38. The standard InChI is InChI=1S/C23H39N5O2.HI/c1-7-28-13-12-18(16-28)14-24-22(25-15-21(29)27-23(4,5)6)26-19-8-10-20(11-9-19)30-17(2)3;/h8-11,17-18H,7,12-16H2,1-6H3,(H,27,29)(H2,24,25,26);1H. The van der Waals surface area contributed by atoms with Crippen molar-refractivity contribution in [2.75, 3.05) is 38.0 Å². The molecule has 1 aliphatic heterocycles. The van der Waals surface area contributed by atoms with E-state index in [0.717, 1.165) is 37.6 Å². The maximum absolute atomic E-state index is 12.2. The van der Waals surface area contributed by atoms with Gasteiger partial charge >= 0.3 is 0 Å². The minimum absolute atomic E-state index is 0. The molecule has 0 radical (unpaired) electrons. The van der Waals surface area contributed by atoms with Crippen molar-refractivity contribution in [3.8, 4) is 5.75 Å². The number of hydrogen-bond acceptors (Lipinski definition) is 4. The third-order valence-corrected chi connectivity index (χ3v) is 4.76. The summed E-state index contributed by atoms with van der Waals surface area (Å²) in [6, 6.07) is 7.78. The quantitative estimate of drug-likeness (QED) is 0.264. The van der Waals surface area contributed by atoms with Crippen LogP contribution in [0.1, 0.15) is 48.0 Å². The van der Waals surface area contributed by atoms with E-state index < -0.39 is 0 Å². The van der Waals surface area contributed by atoms with Crippen molar-refractivity contribution in [2.24, 2.45) is 10.9 Å². The average Bonchev–Trinajstić information content (AvgIpc) is 3.11. The molecule has 1 unspecified atom stereocenters. The van der Waals surface area contributed by atoms with Crippen LogP contribution in [0.15, 0.2) is 29.3 Å². The minimum atomic E-state index is -0.271. The van der Waals surface area contributed by atoms with Gasteiger partial charge in [0.2, 0.25) is 5.91 Å². The number of likely N-dealkylation sites (tertiary alicyclic amines) is 1. The number of benzene rings is 1. The van der Waals surface area contributed by atoms with Crippen molar-refractivity contribution >= 4 is 41.5 Å². The number of ether oxygens (including phenoxy) is 1. The summed E-state index contributed by atoms with van der Waals surface area (Å²) in [5.41, 5.74) is 0.628. The first-order chi connectivity index (χ1) is 14.1. The van der Waals surface area contributed by atoms with Gasteiger partial charge in [-0.1, -0.05) is 6.92 Å². The van der Waals surface area contributed by atoms with E-state index in [1.807, 2.05) is 58.9 Å².